The normalized spacial score (nSPS) is 15.6. The number of methoxy groups -OCH3 is 1. The first-order valence-electron chi connectivity index (χ1n) is 8.53. The van der Waals surface area contributed by atoms with Crippen LogP contribution in [0.5, 0.6) is 5.75 Å². The molecule has 136 valence electrons. The molecule has 0 unspecified atom stereocenters. The first-order chi connectivity index (χ1) is 13.2. The highest BCUT2D eigenvalue weighted by Crippen LogP contribution is 2.34. The van der Waals surface area contributed by atoms with Gasteiger partial charge in [-0.3, -0.25) is 9.59 Å². The predicted octanol–water partition coefficient (Wildman–Crippen LogP) is 3.08. The summed E-state index contributed by atoms with van der Waals surface area (Å²) in [7, 11) is 1.58. The maximum absolute atomic E-state index is 12.8. The van der Waals surface area contributed by atoms with Crippen molar-refractivity contribution >= 4 is 23.3 Å². The third kappa shape index (κ3) is 3.27. The molecule has 1 aromatic heterocycles. The maximum Gasteiger partial charge on any atom is 0.249 e. The first-order valence-corrected chi connectivity index (χ1v) is 8.53. The molecule has 2 aromatic carbocycles. The molecule has 27 heavy (non-hydrogen) atoms. The Hall–Kier alpha value is -3.61. The monoisotopic (exact) mass is 362 g/mol. The van der Waals surface area contributed by atoms with Gasteiger partial charge in [-0.2, -0.15) is 5.10 Å². The largest absolute Gasteiger partial charge is 0.497 e. The summed E-state index contributed by atoms with van der Waals surface area (Å²) < 4.78 is 6.69. The lowest BCUT2D eigenvalue weighted by atomic mass is 10.1. The van der Waals surface area contributed by atoms with E-state index in [1.807, 2.05) is 30.3 Å². The van der Waals surface area contributed by atoms with Crippen molar-refractivity contribution in [2.24, 2.45) is 0 Å². The Labute approximate surface area is 156 Å². The van der Waals surface area contributed by atoms with Crippen molar-refractivity contribution in [3.05, 3.63) is 60.8 Å². The number of carbonyl (C=O) groups is 2. The number of hydrogen-bond donors (Lipinski definition) is 2. The number of ether oxygens (including phenoxy) is 1. The van der Waals surface area contributed by atoms with E-state index in [4.69, 9.17) is 4.74 Å². The van der Waals surface area contributed by atoms with Crippen LogP contribution in [0.25, 0.3) is 11.1 Å². The van der Waals surface area contributed by atoms with Crippen LogP contribution < -0.4 is 15.4 Å². The van der Waals surface area contributed by atoms with Gasteiger partial charge in [-0.15, -0.1) is 0 Å². The summed E-state index contributed by atoms with van der Waals surface area (Å²) in [5.74, 6) is 0.730. The molecule has 1 atom stereocenters. The van der Waals surface area contributed by atoms with Gasteiger partial charge in [0.1, 0.15) is 17.6 Å². The molecule has 1 aliphatic heterocycles. The fraction of sp³-hybridized carbons (Fsp3) is 0.150. The lowest BCUT2D eigenvalue weighted by Gasteiger charge is -2.24. The topological polar surface area (TPSA) is 85.2 Å². The molecule has 0 bridgehead atoms. The number of amides is 2. The second kappa shape index (κ2) is 6.95. The molecule has 2 heterocycles. The molecule has 0 saturated carbocycles. The van der Waals surface area contributed by atoms with Gasteiger partial charge in [0.05, 0.1) is 19.7 Å². The van der Waals surface area contributed by atoms with Gasteiger partial charge in [0.25, 0.3) is 0 Å². The van der Waals surface area contributed by atoms with E-state index in [0.29, 0.717) is 17.3 Å². The molecular weight excluding hydrogens is 344 g/mol. The lowest BCUT2D eigenvalue weighted by Crippen LogP contribution is -2.35. The number of carbonyl (C=O) groups excluding carboxylic acids is 2. The highest BCUT2D eigenvalue weighted by molar-refractivity contribution is 6.03. The van der Waals surface area contributed by atoms with Gasteiger partial charge < -0.3 is 15.4 Å². The molecule has 0 fully saturated rings. The van der Waals surface area contributed by atoms with E-state index in [9.17, 15) is 9.59 Å². The van der Waals surface area contributed by atoms with Crippen molar-refractivity contribution in [2.75, 3.05) is 17.7 Å². The second-order valence-electron chi connectivity index (χ2n) is 6.20. The van der Waals surface area contributed by atoms with Gasteiger partial charge in [0.15, 0.2) is 0 Å². The first kappa shape index (κ1) is 16.8. The third-order valence-electron chi connectivity index (χ3n) is 4.47. The molecule has 0 spiro atoms. The molecule has 7 heteroatoms. The van der Waals surface area contributed by atoms with Crippen molar-refractivity contribution in [3.63, 3.8) is 0 Å². The molecule has 3 aromatic rings. The standard InChI is InChI=1S/C20H18N4O3/c1-27-15-9-7-14(8-10-15)22-20(26)17-11-18(25)23-19-16(12-21-24(17)19)13-5-3-2-4-6-13/h2-10,12,17H,11H2,1H3,(H,22,26)(H,23,25)/t17-/m1/s1. The van der Waals surface area contributed by atoms with E-state index in [0.717, 1.165) is 11.1 Å². The molecule has 2 N–H and O–H groups in total. The third-order valence-corrected chi connectivity index (χ3v) is 4.47. The number of fused-ring (bicyclic) bond motifs is 1. The Morgan fingerprint density at radius 1 is 1.19 bits per heavy atom. The van der Waals surface area contributed by atoms with E-state index >= 15 is 0 Å². The van der Waals surface area contributed by atoms with Crippen LogP contribution in [0.4, 0.5) is 11.5 Å². The quantitative estimate of drug-likeness (QED) is 0.747. The van der Waals surface area contributed by atoms with Gasteiger partial charge in [0.2, 0.25) is 11.8 Å². The number of anilines is 2. The Bertz CT molecular complexity index is 980. The number of nitrogens with one attached hydrogen (secondary N) is 2. The van der Waals surface area contributed by atoms with Crippen molar-refractivity contribution in [3.8, 4) is 16.9 Å². The molecule has 0 saturated heterocycles. The number of aromatic nitrogens is 2. The minimum Gasteiger partial charge on any atom is -0.497 e. The number of benzene rings is 2. The van der Waals surface area contributed by atoms with Crippen LogP contribution in [0.3, 0.4) is 0 Å². The number of hydrogen-bond acceptors (Lipinski definition) is 4. The zero-order chi connectivity index (χ0) is 18.8. The summed E-state index contributed by atoms with van der Waals surface area (Å²) in [6.45, 7) is 0. The number of rotatable bonds is 4. The van der Waals surface area contributed by atoms with Crippen molar-refractivity contribution < 1.29 is 14.3 Å². The fourth-order valence-corrected chi connectivity index (χ4v) is 3.10. The van der Waals surface area contributed by atoms with Crippen LogP contribution in [0.2, 0.25) is 0 Å². The van der Waals surface area contributed by atoms with E-state index in [1.54, 1.807) is 42.3 Å². The van der Waals surface area contributed by atoms with Crippen molar-refractivity contribution in [1.29, 1.82) is 0 Å². The zero-order valence-electron chi connectivity index (χ0n) is 14.7. The summed E-state index contributed by atoms with van der Waals surface area (Å²) in [4.78, 5) is 25.0. The van der Waals surface area contributed by atoms with E-state index in [2.05, 4.69) is 15.7 Å². The lowest BCUT2D eigenvalue weighted by molar-refractivity contribution is -0.125. The number of nitrogens with zero attached hydrogens (tertiary/aromatic N) is 2. The second-order valence-corrected chi connectivity index (χ2v) is 6.20. The molecule has 2 amide bonds. The maximum atomic E-state index is 12.8. The van der Waals surface area contributed by atoms with Gasteiger partial charge in [0, 0.05) is 11.3 Å². The van der Waals surface area contributed by atoms with Crippen molar-refractivity contribution in [1.82, 2.24) is 9.78 Å². The molecule has 1 aliphatic rings. The predicted molar refractivity (Wildman–Crippen MR) is 102 cm³/mol. The van der Waals surface area contributed by atoms with Gasteiger partial charge in [-0.1, -0.05) is 30.3 Å². The molecule has 7 nitrogen and oxygen atoms in total. The minimum atomic E-state index is -0.715. The van der Waals surface area contributed by atoms with Crippen LogP contribution in [0.1, 0.15) is 12.5 Å². The van der Waals surface area contributed by atoms with Crippen LogP contribution in [0, 0.1) is 0 Å². The Morgan fingerprint density at radius 2 is 1.93 bits per heavy atom. The average Bonchev–Trinajstić information content (AvgIpc) is 3.12. The summed E-state index contributed by atoms with van der Waals surface area (Å²) in [6.07, 6.45) is 1.70. The highest BCUT2D eigenvalue weighted by atomic mass is 16.5. The van der Waals surface area contributed by atoms with Crippen molar-refractivity contribution in [2.45, 2.75) is 12.5 Å². The minimum absolute atomic E-state index is 0.0326. The summed E-state index contributed by atoms with van der Waals surface area (Å²) in [6, 6.07) is 15.9. The molecular formula is C20H18N4O3. The summed E-state index contributed by atoms with van der Waals surface area (Å²) >= 11 is 0. The average molecular weight is 362 g/mol. The van der Waals surface area contributed by atoms with Gasteiger partial charge >= 0.3 is 0 Å². The SMILES string of the molecule is COc1ccc(NC(=O)[C@H]2CC(=O)Nc3c(-c4ccccc4)cnn32)cc1. The zero-order valence-corrected chi connectivity index (χ0v) is 14.7. The smallest absolute Gasteiger partial charge is 0.249 e. The fourth-order valence-electron chi connectivity index (χ4n) is 3.10. The highest BCUT2D eigenvalue weighted by Gasteiger charge is 2.33. The van der Waals surface area contributed by atoms with E-state index in [-0.39, 0.29) is 18.2 Å². The Kier molecular flexibility index (Phi) is 4.33. The van der Waals surface area contributed by atoms with Gasteiger partial charge in [-0.25, -0.2) is 4.68 Å². The molecule has 0 radical (unpaired) electrons. The molecule has 4 rings (SSSR count). The van der Waals surface area contributed by atoms with E-state index < -0.39 is 6.04 Å². The molecule has 0 aliphatic carbocycles. The van der Waals surface area contributed by atoms with Crippen LogP contribution in [-0.4, -0.2) is 28.7 Å². The Morgan fingerprint density at radius 3 is 2.63 bits per heavy atom. The van der Waals surface area contributed by atoms with E-state index in [1.165, 1.54) is 0 Å². The van der Waals surface area contributed by atoms with Crippen LogP contribution in [0.15, 0.2) is 60.8 Å². The summed E-state index contributed by atoms with van der Waals surface area (Å²) in [5, 5.41) is 10.0. The van der Waals surface area contributed by atoms with Gasteiger partial charge in [-0.05, 0) is 29.8 Å². The summed E-state index contributed by atoms with van der Waals surface area (Å²) in [5.41, 5.74) is 2.34. The Balaban J connectivity index is 1.62. The van der Waals surface area contributed by atoms with Crippen LogP contribution >= 0.6 is 0 Å². The van der Waals surface area contributed by atoms with Crippen LogP contribution in [-0.2, 0) is 9.59 Å².